The van der Waals surface area contributed by atoms with E-state index in [0.29, 0.717) is 5.88 Å². The van der Waals surface area contributed by atoms with E-state index >= 15 is 0 Å². The number of ether oxygens (including phenoxy) is 1. The molecule has 0 aliphatic rings. The van der Waals surface area contributed by atoms with Crippen LogP contribution in [0, 0.1) is 13.8 Å². The SMILES string of the molecule is CCNC(c1ccc(OC)nc1)c1nc(C)c(C)s1. The Morgan fingerprint density at radius 2 is 2.16 bits per heavy atom. The van der Waals surface area contributed by atoms with Crippen LogP contribution in [0.5, 0.6) is 5.88 Å². The van der Waals surface area contributed by atoms with Gasteiger partial charge in [-0.1, -0.05) is 13.0 Å². The molecule has 2 aromatic heterocycles. The molecule has 0 aliphatic heterocycles. The van der Waals surface area contributed by atoms with Crippen LogP contribution < -0.4 is 10.1 Å². The molecule has 102 valence electrons. The Hall–Kier alpha value is -1.46. The maximum Gasteiger partial charge on any atom is 0.212 e. The molecule has 0 bridgehead atoms. The summed E-state index contributed by atoms with van der Waals surface area (Å²) in [5.74, 6) is 0.630. The molecule has 0 saturated heterocycles. The lowest BCUT2D eigenvalue weighted by atomic mass is 10.1. The molecule has 1 unspecified atom stereocenters. The minimum Gasteiger partial charge on any atom is -0.481 e. The van der Waals surface area contributed by atoms with Gasteiger partial charge in [-0.25, -0.2) is 9.97 Å². The van der Waals surface area contributed by atoms with Crippen LogP contribution in [0.4, 0.5) is 0 Å². The molecule has 0 aromatic carbocycles. The standard InChI is InChI=1S/C14H19N3OS/c1-5-15-13(14-17-9(2)10(3)19-14)11-6-7-12(18-4)16-8-11/h6-8,13,15H,5H2,1-4H3. The predicted octanol–water partition coefficient (Wildman–Crippen LogP) is 2.86. The average molecular weight is 277 g/mol. The second kappa shape index (κ2) is 6.12. The molecule has 2 aromatic rings. The van der Waals surface area contributed by atoms with Gasteiger partial charge in [-0.15, -0.1) is 11.3 Å². The number of pyridine rings is 1. The van der Waals surface area contributed by atoms with Gasteiger partial charge in [-0.05, 0) is 26.0 Å². The number of methoxy groups -OCH3 is 1. The van der Waals surface area contributed by atoms with Crippen LogP contribution in [0.25, 0.3) is 0 Å². The minimum absolute atomic E-state index is 0.0980. The fourth-order valence-corrected chi connectivity index (χ4v) is 2.88. The van der Waals surface area contributed by atoms with Crippen LogP contribution in [0.1, 0.15) is 34.1 Å². The molecular weight excluding hydrogens is 258 g/mol. The molecule has 0 radical (unpaired) electrons. The first-order valence-corrected chi connectivity index (χ1v) is 7.14. The van der Waals surface area contributed by atoms with Gasteiger partial charge in [0.05, 0.1) is 18.8 Å². The molecule has 19 heavy (non-hydrogen) atoms. The zero-order valence-electron chi connectivity index (χ0n) is 11.7. The summed E-state index contributed by atoms with van der Waals surface area (Å²) in [6, 6.07) is 4.01. The molecule has 5 heteroatoms. The number of hydrogen-bond donors (Lipinski definition) is 1. The predicted molar refractivity (Wildman–Crippen MR) is 77.9 cm³/mol. The Kier molecular flexibility index (Phi) is 4.50. The maximum absolute atomic E-state index is 5.09. The molecular formula is C14H19N3OS. The van der Waals surface area contributed by atoms with Crippen LogP contribution in [0.15, 0.2) is 18.3 Å². The van der Waals surface area contributed by atoms with Crippen LogP contribution in [-0.4, -0.2) is 23.6 Å². The molecule has 0 saturated carbocycles. The summed E-state index contributed by atoms with van der Waals surface area (Å²) < 4.78 is 5.09. The van der Waals surface area contributed by atoms with Crippen molar-refractivity contribution in [3.8, 4) is 5.88 Å². The Morgan fingerprint density at radius 3 is 2.63 bits per heavy atom. The molecule has 0 spiro atoms. The van der Waals surface area contributed by atoms with Crippen molar-refractivity contribution in [3.63, 3.8) is 0 Å². The van der Waals surface area contributed by atoms with E-state index in [4.69, 9.17) is 4.74 Å². The normalized spacial score (nSPS) is 12.4. The highest BCUT2D eigenvalue weighted by Gasteiger charge is 2.18. The average Bonchev–Trinajstić information content (AvgIpc) is 2.76. The van der Waals surface area contributed by atoms with Crippen LogP contribution in [0.3, 0.4) is 0 Å². The third-order valence-corrected chi connectivity index (χ3v) is 4.14. The first kappa shape index (κ1) is 14.0. The first-order valence-electron chi connectivity index (χ1n) is 6.33. The molecule has 2 heterocycles. The number of aryl methyl sites for hydroxylation is 2. The Morgan fingerprint density at radius 1 is 1.37 bits per heavy atom. The number of nitrogens with one attached hydrogen (secondary N) is 1. The highest BCUT2D eigenvalue weighted by atomic mass is 32.1. The highest BCUT2D eigenvalue weighted by molar-refractivity contribution is 7.11. The van der Waals surface area contributed by atoms with Gasteiger partial charge in [0.25, 0.3) is 0 Å². The van der Waals surface area contributed by atoms with E-state index in [0.717, 1.165) is 22.8 Å². The molecule has 2 rings (SSSR count). The van der Waals surface area contributed by atoms with Crippen molar-refractivity contribution in [1.29, 1.82) is 0 Å². The van der Waals surface area contributed by atoms with E-state index in [1.165, 1.54) is 4.88 Å². The lowest BCUT2D eigenvalue weighted by Gasteiger charge is -2.15. The summed E-state index contributed by atoms with van der Waals surface area (Å²) in [7, 11) is 1.62. The Bertz CT molecular complexity index is 517. The number of thiazole rings is 1. The van der Waals surface area contributed by atoms with Gasteiger partial charge < -0.3 is 10.1 Å². The summed E-state index contributed by atoms with van der Waals surface area (Å²) in [4.78, 5) is 10.2. The maximum atomic E-state index is 5.09. The van der Waals surface area contributed by atoms with Crippen LogP contribution >= 0.6 is 11.3 Å². The first-order chi connectivity index (χ1) is 9.15. The highest BCUT2D eigenvalue weighted by Crippen LogP contribution is 2.28. The smallest absolute Gasteiger partial charge is 0.212 e. The van der Waals surface area contributed by atoms with Crippen LogP contribution in [-0.2, 0) is 0 Å². The van der Waals surface area contributed by atoms with Gasteiger partial charge >= 0.3 is 0 Å². The monoisotopic (exact) mass is 277 g/mol. The van der Waals surface area contributed by atoms with E-state index in [1.807, 2.05) is 25.3 Å². The Labute approximate surface area is 117 Å². The summed E-state index contributed by atoms with van der Waals surface area (Å²) in [5.41, 5.74) is 2.21. The van der Waals surface area contributed by atoms with E-state index in [9.17, 15) is 0 Å². The van der Waals surface area contributed by atoms with Crippen molar-refractivity contribution in [1.82, 2.24) is 15.3 Å². The van der Waals surface area contributed by atoms with E-state index in [-0.39, 0.29) is 6.04 Å². The van der Waals surface area contributed by atoms with Gasteiger partial charge in [0.2, 0.25) is 5.88 Å². The zero-order valence-corrected chi connectivity index (χ0v) is 12.5. The molecule has 1 atom stereocenters. The number of rotatable bonds is 5. The molecule has 0 fully saturated rings. The summed E-state index contributed by atoms with van der Waals surface area (Å²) >= 11 is 1.73. The fourth-order valence-electron chi connectivity index (χ4n) is 1.86. The molecule has 1 N–H and O–H groups in total. The minimum atomic E-state index is 0.0980. The lowest BCUT2D eigenvalue weighted by molar-refractivity contribution is 0.397. The number of nitrogens with zero attached hydrogens (tertiary/aromatic N) is 2. The van der Waals surface area contributed by atoms with Crippen molar-refractivity contribution >= 4 is 11.3 Å². The Balaban J connectivity index is 2.33. The van der Waals surface area contributed by atoms with Gasteiger partial charge in [0.15, 0.2) is 0 Å². The van der Waals surface area contributed by atoms with E-state index in [2.05, 4.69) is 29.1 Å². The topological polar surface area (TPSA) is 47.0 Å². The van der Waals surface area contributed by atoms with Crippen molar-refractivity contribution in [2.45, 2.75) is 26.8 Å². The third kappa shape index (κ3) is 3.11. The van der Waals surface area contributed by atoms with Crippen molar-refractivity contribution in [3.05, 3.63) is 39.5 Å². The number of hydrogen-bond acceptors (Lipinski definition) is 5. The van der Waals surface area contributed by atoms with Gasteiger partial charge in [0, 0.05) is 17.1 Å². The van der Waals surface area contributed by atoms with Gasteiger partial charge in [-0.3, -0.25) is 0 Å². The van der Waals surface area contributed by atoms with Crippen molar-refractivity contribution < 1.29 is 4.74 Å². The summed E-state index contributed by atoms with van der Waals surface area (Å²) in [5, 5.41) is 4.55. The molecule has 0 aliphatic carbocycles. The molecule has 4 nitrogen and oxygen atoms in total. The van der Waals surface area contributed by atoms with Crippen LogP contribution in [0.2, 0.25) is 0 Å². The fraction of sp³-hybridized carbons (Fsp3) is 0.429. The quantitative estimate of drug-likeness (QED) is 0.913. The van der Waals surface area contributed by atoms with Crippen molar-refractivity contribution in [2.75, 3.05) is 13.7 Å². The third-order valence-electron chi connectivity index (χ3n) is 3.00. The summed E-state index contributed by atoms with van der Waals surface area (Å²) in [6.07, 6.45) is 1.85. The lowest BCUT2D eigenvalue weighted by Crippen LogP contribution is -2.22. The summed E-state index contributed by atoms with van der Waals surface area (Å²) in [6.45, 7) is 7.13. The number of aromatic nitrogens is 2. The van der Waals surface area contributed by atoms with Crippen molar-refractivity contribution in [2.24, 2.45) is 0 Å². The van der Waals surface area contributed by atoms with Gasteiger partial charge in [0.1, 0.15) is 5.01 Å². The van der Waals surface area contributed by atoms with Gasteiger partial charge in [-0.2, -0.15) is 0 Å². The largest absolute Gasteiger partial charge is 0.481 e. The zero-order chi connectivity index (χ0) is 13.8. The van der Waals surface area contributed by atoms with E-state index in [1.54, 1.807) is 18.4 Å². The van der Waals surface area contributed by atoms with E-state index < -0.39 is 0 Å². The second-order valence-electron chi connectivity index (χ2n) is 4.32. The second-order valence-corrected chi connectivity index (χ2v) is 5.55. The molecule has 0 amide bonds.